The van der Waals surface area contributed by atoms with Gasteiger partial charge in [-0.3, -0.25) is 4.79 Å². The van der Waals surface area contributed by atoms with E-state index >= 15 is 0 Å². The normalized spacial score (nSPS) is 10.2. The molecule has 1 amide bonds. The summed E-state index contributed by atoms with van der Waals surface area (Å²) in [4.78, 5) is 20.3. The van der Waals surface area contributed by atoms with Gasteiger partial charge < -0.3 is 10.6 Å². The summed E-state index contributed by atoms with van der Waals surface area (Å²) in [6, 6.07) is 5.68. The Balaban J connectivity index is 2.13. The summed E-state index contributed by atoms with van der Waals surface area (Å²) < 4.78 is 0.866. The van der Waals surface area contributed by atoms with Gasteiger partial charge in [-0.25, -0.2) is 9.97 Å². The van der Waals surface area contributed by atoms with E-state index in [-0.39, 0.29) is 11.6 Å². The van der Waals surface area contributed by atoms with Crippen molar-refractivity contribution in [2.24, 2.45) is 0 Å². The Morgan fingerprint density at radius 2 is 2.10 bits per heavy atom. The molecule has 0 aliphatic carbocycles. The van der Waals surface area contributed by atoms with Crippen molar-refractivity contribution in [3.8, 4) is 0 Å². The number of hydrogen-bond donors (Lipinski definition) is 2. The van der Waals surface area contributed by atoms with E-state index < -0.39 is 0 Å². The summed E-state index contributed by atoms with van der Waals surface area (Å²) in [5, 5.41) is 5.84. The molecule has 0 aliphatic heterocycles. The predicted octanol–water partition coefficient (Wildman–Crippen LogP) is 3.23. The zero-order chi connectivity index (χ0) is 14.5. The highest BCUT2D eigenvalue weighted by atomic mass is 79.9. The van der Waals surface area contributed by atoms with Gasteiger partial charge in [0.15, 0.2) is 0 Å². The van der Waals surface area contributed by atoms with Crippen molar-refractivity contribution in [3.05, 3.63) is 46.3 Å². The number of nitrogens with one attached hydrogen (secondary N) is 2. The van der Waals surface area contributed by atoms with Gasteiger partial charge >= 0.3 is 0 Å². The molecule has 2 rings (SSSR count). The third kappa shape index (κ3) is 3.33. The third-order valence-corrected chi connectivity index (χ3v) is 3.73. The maximum atomic E-state index is 12.1. The molecular weight excluding hydrogens is 320 g/mol. The summed E-state index contributed by atoms with van der Waals surface area (Å²) in [7, 11) is 0. The third-order valence-electron chi connectivity index (χ3n) is 2.68. The minimum atomic E-state index is -0.285. The lowest BCUT2D eigenvalue weighted by Gasteiger charge is -2.09. The van der Waals surface area contributed by atoms with Crippen molar-refractivity contribution in [3.63, 3.8) is 0 Å². The molecule has 0 bridgehead atoms. The number of rotatable bonds is 4. The van der Waals surface area contributed by atoms with Gasteiger partial charge in [0.1, 0.15) is 11.5 Å². The summed E-state index contributed by atoms with van der Waals surface area (Å²) in [6.45, 7) is 4.69. The first-order chi connectivity index (χ1) is 9.61. The summed E-state index contributed by atoms with van der Waals surface area (Å²) in [6.07, 6.45) is 3.00. The average Bonchev–Trinajstić information content (AvgIpc) is 2.45. The molecule has 0 fully saturated rings. The van der Waals surface area contributed by atoms with Crippen LogP contribution in [0.3, 0.4) is 0 Å². The first kappa shape index (κ1) is 14.5. The lowest BCUT2D eigenvalue weighted by Crippen LogP contribution is -2.15. The van der Waals surface area contributed by atoms with Gasteiger partial charge in [0.2, 0.25) is 0 Å². The number of carbonyl (C=O) groups excluding carboxylic acids is 1. The second-order valence-electron chi connectivity index (χ2n) is 4.21. The van der Waals surface area contributed by atoms with Crippen LogP contribution < -0.4 is 10.6 Å². The van der Waals surface area contributed by atoms with Crippen LogP contribution in [0.15, 0.2) is 35.1 Å². The molecule has 0 unspecified atom stereocenters. The second-order valence-corrected chi connectivity index (χ2v) is 5.00. The van der Waals surface area contributed by atoms with Crippen molar-refractivity contribution in [1.82, 2.24) is 9.97 Å². The molecule has 0 saturated heterocycles. The van der Waals surface area contributed by atoms with Gasteiger partial charge in [-0.05, 0) is 41.4 Å². The minimum Gasteiger partial charge on any atom is -0.369 e. The summed E-state index contributed by atoms with van der Waals surface area (Å²) in [5.41, 5.74) is 2.05. The van der Waals surface area contributed by atoms with E-state index in [0.29, 0.717) is 11.5 Å². The Bertz CT molecular complexity index is 613. The fraction of sp³-hybridized carbons (Fsp3) is 0.214. The van der Waals surface area contributed by atoms with Crippen molar-refractivity contribution in [2.45, 2.75) is 13.8 Å². The molecule has 1 aromatic carbocycles. The number of halogens is 1. The van der Waals surface area contributed by atoms with Crippen molar-refractivity contribution >= 4 is 33.3 Å². The lowest BCUT2D eigenvalue weighted by atomic mass is 10.2. The Kier molecular flexibility index (Phi) is 4.68. The smallest absolute Gasteiger partial charge is 0.275 e. The van der Waals surface area contributed by atoms with Crippen LogP contribution in [0, 0.1) is 6.92 Å². The van der Waals surface area contributed by atoms with Crippen LogP contribution in [0.25, 0.3) is 0 Å². The largest absolute Gasteiger partial charge is 0.369 e. The molecular formula is C14H15BrN4O. The number of nitrogens with zero attached hydrogens (tertiary/aromatic N) is 2. The molecule has 104 valence electrons. The monoisotopic (exact) mass is 334 g/mol. The van der Waals surface area contributed by atoms with Gasteiger partial charge in [0.05, 0.1) is 18.1 Å². The number of aryl methyl sites for hydroxylation is 1. The fourth-order valence-corrected chi connectivity index (χ4v) is 2.01. The molecule has 0 aliphatic rings. The molecule has 2 aromatic rings. The van der Waals surface area contributed by atoms with Crippen LogP contribution in [0.5, 0.6) is 0 Å². The molecule has 1 aromatic heterocycles. The number of carbonyl (C=O) groups is 1. The van der Waals surface area contributed by atoms with Crippen molar-refractivity contribution < 1.29 is 4.79 Å². The SMILES string of the molecule is CCNc1cnc(C(=O)Nc2cccc(C)c2Br)cn1. The Morgan fingerprint density at radius 1 is 1.30 bits per heavy atom. The molecule has 2 N–H and O–H groups in total. The van der Waals surface area contributed by atoms with Crippen molar-refractivity contribution in [1.29, 1.82) is 0 Å². The van der Waals surface area contributed by atoms with E-state index in [0.717, 1.165) is 16.6 Å². The average molecular weight is 335 g/mol. The van der Waals surface area contributed by atoms with Crippen LogP contribution in [0.1, 0.15) is 23.0 Å². The number of benzene rings is 1. The van der Waals surface area contributed by atoms with Gasteiger partial charge in [-0.1, -0.05) is 12.1 Å². The summed E-state index contributed by atoms with van der Waals surface area (Å²) >= 11 is 3.45. The van der Waals surface area contributed by atoms with Crippen LogP contribution >= 0.6 is 15.9 Å². The topological polar surface area (TPSA) is 66.9 Å². The minimum absolute atomic E-state index is 0.278. The van der Waals surface area contributed by atoms with E-state index in [9.17, 15) is 4.79 Å². The fourth-order valence-electron chi connectivity index (χ4n) is 1.65. The van der Waals surface area contributed by atoms with Crippen LogP contribution in [0.2, 0.25) is 0 Å². The highest BCUT2D eigenvalue weighted by molar-refractivity contribution is 9.10. The Morgan fingerprint density at radius 3 is 2.75 bits per heavy atom. The molecule has 1 heterocycles. The van der Waals surface area contributed by atoms with Crippen LogP contribution in [-0.2, 0) is 0 Å². The standard InChI is InChI=1S/C14H15BrN4O/c1-3-16-12-8-17-11(7-18-12)14(20)19-10-6-4-5-9(2)13(10)15/h4-8H,3H2,1-2H3,(H,16,18)(H,19,20). The molecule has 0 radical (unpaired) electrons. The van der Waals surface area contributed by atoms with E-state index in [1.807, 2.05) is 32.0 Å². The van der Waals surface area contributed by atoms with Gasteiger partial charge in [0, 0.05) is 11.0 Å². The number of aromatic nitrogens is 2. The second kappa shape index (κ2) is 6.47. The quantitative estimate of drug-likeness (QED) is 0.900. The maximum absolute atomic E-state index is 12.1. The van der Waals surface area contributed by atoms with Gasteiger partial charge in [-0.2, -0.15) is 0 Å². The zero-order valence-corrected chi connectivity index (χ0v) is 12.9. The van der Waals surface area contributed by atoms with Crippen LogP contribution in [-0.4, -0.2) is 22.4 Å². The number of hydrogen-bond acceptors (Lipinski definition) is 4. The molecule has 20 heavy (non-hydrogen) atoms. The number of anilines is 2. The van der Waals surface area contributed by atoms with Crippen molar-refractivity contribution in [2.75, 3.05) is 17.2 Å². The van der Waals surface area contributed by atoms with Gasteiger partial charge in [0.25, 0.3) is 5.91 Å². The predicted molar refractivity (Wildman–Crippen MR) is 83.0 cm³/mol. The molecule has 0 saturated carbocycles. The first-order valence-corrected chi connectivity index (χ1v) is 7.03. The maximum Gasteiger partial charge on any atom is 0.275 e. The van der Waals surface area contributed by atoms with E-state index in [4.69, 9.17) is 0 Å². The first-order valence-electron chi connectivity index (χ1n) is 6.24. The lowest BCUT2D eigenvalue weighted by molar-refractivity contribution is 0.102. The molecule has 5 nitrogen and oxygen atoms in total. The zero-order valence-electron chi connectivity index (χ0n) is 11.3. The highest BCUT2D eigenvalue weighted by Crippen LogP contribution is 2.25. The number of amides is 1. The summed E-state index contributed by atoms with van der Waals surface area (Å²) in [5.74, 6) is 0.368. The van der Waals surface area contributed by atoms with E-state index in [1.54, 1.807) is 6.20 Å². The Hall–Kier alpha value is -1.95. The Labute approximate surface area is 126 Å². The highest BCUT2D eigenvalue weighted by Gasteiger charge is 2.11. The molecule has 0 spiro atoms. The van der Waals surface area contributed by atoms with E-state index in [1.165, 1.54) is 6.20 Å². The molecule has 0 atom stereocenters. The van der Waals surface area contributed by atoms with E-state index in [2.05, 4.69) is 36.5 Å². The molecule has 6 heteroatoms. The van der Waals surface area contributed by atoms with Gasteiger partial charge in [-0.15, -0.1) is 0 Å². The van der Waals surface area contributed by atoms with Crippen LogP contribution in [0.4, 0.5) is 11.5 Å².